The van der Waals surface area contributed by atoms with Gasteiger partial charge in [-0.2, -0.15) is 0 Å². The Morgan fingerprint density at radius 1 is 1.19 bits per heavy atom. The first-order valence-corrected chi connectivity index (χ1v) is 4.94. The van der Waals surface area contributed by atoms with Gasteiger partial charge in [0, 0.05) is 23.6 Å². The van der Waals surface area contributed by atoms with Gasteiger partial charge in [0.05, 0.1) is 7.11 Å². The number of methoxy groups -OCH3 is 1. The molecule has 2 rings (SSSR count). The first kappa shape index (κ1) is 10.4. The first-order valence-electron chi connectivity index (χ1n) is 4.94. The van der Waals surface area contributed by atoms with Gasteiger partial charge in [0.1, 0.15) is 5.69 Å². The van der Waals surface area contributed by atoms with Gasteiger partial charge < -0.3 is 10.5 Å². The maximum atomic E-state index is 5.77. The molecule has 0 aliphatic heterocycles. The van der Waals surface area contributed by atoms with Crippen molar-refractivity contribution in [2.45, 2.75) is 6.92 Å². The van der Waals surface area contributed by atoms with Gasteiger partial charge in [0.25, 0.3) is 0 Å². The van der Waals surface area contributed by atoms with E-state index in [1.807, 2.05) is 25.1 Å². The fourth-order valence-corrected chi connectivity index (χ4v) is 1.55. The molecule has 0 saturated carbocycles. The Labute approximate surface area is 94.1 Å². The van der Waals surface area contributed by atoms with E-state index < -0.39 is 0 Å². The van der Waals surface area contributed by atoms with Crippen molar-refractivity contribution >= 4 is 5.69 Å². The molecule has 1 aromatic carbocycles. The second-order valence-electron chi connectivity index (χ2n) is 3.49. The summed E-state index contributed by atoms with van der Waals surface area (Å²) in [5.41, 5.74) is 9.23. The van der Waals surface area contributed by atoms with Gasteiger partial charge in [0.15, 0.2) is 0 Å². The maximum Gasteiger partial charge on any atom is 0.240 e. The van der Waals surface area contributed by atoms with Crippen molar-refractivity contribution in [1.29, 1.82) is 0 Å². The Morgan fingerprint density at radius 3 is 2.69 bits per heavy atom. The zero-order valence-corrected chi connectivity index (χ0v) is 9.27. The summed E-state index contributed by atoms with van der Waals surface area (Å²) in [6.07, 6.45) is 3.24. The summed E-state index contributed by atoms with van der Waals surface area (Å²) in [6.45, 7) is 2.00. The molecule has 2 aromatic rings. The zero-order chi connectivity index (χ0) is 11.5. The lowest BCUT2D eigenvalue weighted by molar-refractivity contribution is 0.397. The number of aromatic nitrogens is 2. The van der Waals surface area contributed by atoms with E-state index in [0.29, 0.717) is 11.6 Å². The number of aryl methyl sites for hydroxylation is 1. The highest BCUT2D eigenvalue weighted by molar-refractivity contribution is 5.71. The summed E-state index contributed by atoms with van der Waals surface area (Å²) < 4.78 is 5.18. The standard InChI is InChI=1S/C12H13N3O/c1-8-3-4-9(13)7-10(8)11-12(16-2)15-6-5-14-11/h3-7H,13H2,1-2H3. The van der Waals surface area contributed by atoms with E-state index in [1.165, 1.54) is 0 Å². The molecule has 0 radical (unpaired) electrons. The molecule has 0 amide bonds. The van der Waals surface area contributed by atoms with Gasteiger partial charge in [-0.05, 0) is 24.6 Å². The second-order valence-corrected chi connectivity index (χ2v) is 3.49. The molecule has 0 atom stereocenters. The third-order valence-corrected chi connectivity index (χ3v) is 2.37. The lowest BCUT2D eigenvalue weighted by Gasteiger charge is -2.09. The van der Waals surface area contributed by atoms with Crippen molar-refractivity contribution in [2.75, 3.05) is 12.8 Å². The molecule has 0 bridgehead atoms. The van der Waals surface area contributed by atoms with E-state index in [9.17, 15) is 0 Å². The van der Waals surface area contributed by atoms with Crippen molar-refractivity contribution in [3.05, 3.63) is 36.2 Å². The van der Waals surface area contributed by atoms with Crippen molar-refractivity contribution in [1.82, 2.24) is 9.97 Å². The summed E-state index contributed by atoms with van der Waals surface area (Å²) in [7, 11) is 1.58. The Bertz CT molecular complexity index is 511. The Hall–Kier alpha value is -2.10. The number of nitrogens with zero attached hydrogens (tertiary/aromatic N) is 2. The maximum absolute atomic E-state index is 5.77. The number of benzene rings is 1. The van der Waals surface area contributed by atoms with E-state index in [-0.39, 0.29) is 0 Å². The van der Waals surface area contributed by atoms with Crippen LogP contribution in [0.4, 0.5) is 5.69 Å². The van der Waals surface area contributed by atoms with E-state index in [4.69, 9.17) is 10.5 Å². The summed E-state index contributed by atoms with van der Waals surface area (Å²) in [4.78, 5) is 8.40. The fourth-order valence-electron chi connectivity index (χ4n) is 1.55. The molecule has 0 unspecified atom stereocenters. The Kier molecular flexibility index (Phi) is 2.72. The monoisotopic (exact) mass is 215 g/mol. The highest BCUT2D eigenvalue weighted by atomic mass is 16.5. The third kappa shape index (κ3) is 1.82. The normalized spacial score (nSPS) is 10.1. The summed E-state index contributed by atoms with van der Waals surface area (Å²) in [6, 6.07) is 5.70. The predicted octanol–water partition coefficient (Wildman–Crippen LogP) is 2.04. The number of nitrogen functional groups attached to an aromatic ring is 1. The van der Waals surface area contributed by atoms with Crippen molar-refractivity contribution in [2.24, 2.45) is 0 Å². The topological polar surface area (TPSA) is 61.0 Å². The first-order chi connectivity index (χ1) is 7.72. The lowest BCUT2D eigenvalue weighted by Crippen LogP contribution is -1.96. The second kappa shape index (κ2) is 4.18. The number of hydrogen-bond donors (Lipinski definition) is 1. The summed E-state index contributed by atoms with van der Waals surface area (Å²) >= 11 is 0. The van der Waals surface area contributed by atoms with Crippen LogP contribution < -0.4 is 10.5 Å². The molecule has 1 aromatic heterocycles. The van der Waals surface area contributed by atoms with Crippen molar-refractivity contribution < 1.29 is 4.74 Å². The molecule has 2 N–H and O–H groups in total. The molecule has 1 heterocycles. The van der Waals surface area contributed by atoms with Crippen molar-refractivity contribution in [3.63, 3.8) is 0 Å². The van der Waals surface area contributed by atoms with Crippen LogP contribution >= 0.6 is 0 Å². The van der Waals surface area contributed by atoms with Gasteiger partial charge in [-0.25, -0.2) is 9.97 Å². The number of anilines is 1. The average Bonchev–Trinajstić information content (AvgIpc) is 2.32. The van der Waals surface area contributed by atoms with Gasteiger partial charge in [-0.15, -0.1) is 0 Å². The summed E-state index contributed by atoms with van der Waals surface area (Å²) in [5, 5.41) is 0. The minimum Gasteiger partial charge on any atom is -0.479 e. The Morgan fingerprint density at radius 2 is 1.94 bits per heavy atom. The zero-order valence-electron chi connectivity index (χ0n) is 9.27. The average molecular weight is 215 g/mol. The van der Waals surface area contributed by atoms with Gasteiger partial charge in [-0.3, -0.25) is 0 Å². The van der Waals surface area contributed by atoms with Crippen LogP contribution in [-0.4, -0.2) is 17.1 Å². The highest BCUT2D eigenvalue weighted by Gasteiger charge is 2.10. The van der Waals surface area contributed by atoms with Crippen LogP contribution in [0.1, 0.15) is 5.56 Å². The van der Waals surface area contributed by atoms with Crippen LogP contribution in [0, 0.1) is 6.92 Å². The Balaban J connectivity index is 2.62. The number of rotatable bonds is 2. The number of hydrogen-bond acceptors (Lipinski definition) is 4. The minimum absolute atomic E-state index is 0.510. The van der Waals surface area contributed by atoms with Gasteiger partial charge >= 0.3 is 0 Å². The highest BCUT2D eigenvalue weighted by Crippen LogP contribution is 2.29. The molecular weight excluding hydrogens is 202 g/mol. The molecule has 0 fully saturated rings. The van der Waals surface area contributed by atoms with E-state index in [1.54, 1.807) is 19.5 Å². The molecule has 0 aliphatic rings. The molecule has 4 heteroatoms. The molecule has 0 spiro atoms. The van der Waals surface area contributed by atoms with E-state index in [0.717, 1.165) is 16.8 Å². The molecular formula is C12H13N3O. The number of nitrogens with two attached hydrogens (primary N) is 1. The predicted molar refractivity (Wildman–Crippen MR) is 63.2 cm³/mol. The van der Waals surface area contributed by atoms with Crippen LogP contribution in [0.2, 0.25) is 0 Å². The van der Waals surface area contributed by atoms with E-state index in [2.05, 4.69) is 9.97 Å². The quantitative estimate of drug-likeness (QED) is 0.779. The molecule has 82 valence electrons. The molecule has 0 saturated heterocycles. The van der Waals surface area contributed by atoms with Crippen LogP contribution in [0.3, 0.4) is 0 Å². The van der Waals surface area contributed by atoms with E-state index >= 15 is 0 Å². The SMILES string of the molecule is COc1nccnc1-c1cc(N)ccc1C. The lowest BCUT2D eigenvalue weighted by atomic mass is 10.0. The fraction of sp³-hybridized carbons (Fsp3) is 0.167. The van der Waals surface area contributed by atoms with Gasteiger partial charge in [-0.1, -0.05) is 6.07 Å². The summed E-state index contributed by atoms with van der Waals surface area (Å²) in [5.74, 6) is 0.510. The van der Waals surface area contributed by atoms with Crippen molar-refractivity contribution in [3.8, 4) is 17.1 Å². The van der Waals surface area contributed by atoms with Gasteiger partial charge in [0.2, 0.25) is 5.88 Å². The minimum atomic E-state index is 0.510. The molecule has 16 heavy (non-hydrogen) atoms. The largest absolute Gasteiger partial charge is 0.479 e. The molecule has 4 nitrogen and oxygen atoms in total. The van der Waals surface area contributed by atoms with Crippen LogP contribution in [0.5, 0.6) is 5.88 Å². The van der Waals surface area contributed by atoms with Crippen LogP contribution in [-0.2, 0) is 0 Å². The third-order valence-electron chi connectivity index (χ3n) is 2.37. The van der Waals surface area contributed by atoms with Crippen LogP contribution in [0.15, 0.2) is 30.6 Å². The molecule has 0 aliphatic carbocycles. The van der Waals surface area contributed by atoms with Crippen LogP contribution in [0.25, 0.3) is 11.3 Å². The number of ether oxygens (including phenoxy) is 1. The smallest absolute Gasteiger partial charge is 0.240 e.